The third-order valence-corrected chi connectivity index (χ3v) is 3.48. The number of imidazole rings is 1. The van der Waals surface area contributed by atoms with Crippen molar-refractivity contribution in [1.82, 2.24) is 9.55 Å². The maximum atomic E-state index is 5.99. The first-order valence-electron chi connectivity index (χ1n) is 6.03. The number of rotatable bonds is 2. The van der Waals surface area contributed by atoms with Gasteiger partial charge in [0.25, 0.3) is 0 Å². The number of anilines is 1. The van der Waals surface area contributed by atoms with E-state index in [2.05, 4.69) is 22.5 Å². The first kappa shape index (κ1) is 10.6. The minimum Gasteiger partial charge on any atom is -0.373 e. The van der Waals surface area contributed by atoms with Crippen LogP contribution in [0, 0.1) is 0 Å². The number of benzene rings is 1. The summed E-state index contributed by atoms with van der Waals surface area (Å²) in [5.74, 6) is 0.572. The Hall–Kier alpha value is -1.55. The summed E-state index contributed by atoms with van der Waals surface area (Å²) in [6.45, 7) is 3.77. The van der Waals surface area contributed by atoms with E-state index >= 15 is 0 Å². The van der Waals surface area contributed by atoms with Crippen molar-refractivity contribution in [2.75, 3.05) is 12.3 Å². The normalized spacial score (nSPS) is 24.5. The molecule has 0 radical (unpaired) electrons. The van der Waals surface area contributed by atoms with Crippen LogP contribution in [-0.2, 0) is 11.3 Å². The fourth-order valence-electron chi connectivity index (χ4n) is 2.56. The first-order valence-corrected chi connectivity index (χ1v) is 6.03. The number of fused-ring (bicyclic) bond motifs is 1. The molecule has 3 rings (SSSR count). The van der Waals surface area contributed by atoms with E-state index in [-0.39, 0.29) is 5.60 Å². The lowest BCUT2D eigenvalue weighted by atomic mass is 10.0. The topological polar surface area (TPSA) is 53.1 Å². The molecular formula is C13H17N3O. The molecule has 4 nitrogen and oxygen atoms in total. The Kier molecular flexibility index (Phi) is 2.33. The van der Waals surface area contributed by atoms with E-state index in [0.717, 1.165) is 37.0 Å². The number of aromatic nitrogens is 2. The second-order valence-electron chi connectivity index (χ2n) is 4.95. The van der Waals surface area contributed by atoms with Gasteiger partial charge in [0.2, 0.25) is 5.95 Å². The van der Waals surface area contributed by atoms with Gasteiger partial charge in [-0.1, -0.05) is 12.1 Å². The van der Waals surface area contributed by atoms with Crippen molar-refractivity contribution >= 4 is 17.0 Å². The van der Waals surface area contributed by atoms with Crippen molar-refractivity contribution in [1.29, 1.82) is 0 Å². The summed E-state index contributed by atoms with van der Waals surface area (Å²) in [5, 5.41) is 0. The molecule has 1 aliphatic rings. The summed E-state index contributed by atoms with van der Waals surface area (Å²) in [7, 11) is 0. The van der Waals surface area contributed by atoms with Crippen molar-refractivity contribution in [3.8, 4) is 0 Å². The number of nitrogen functional groups attached to an aromatic ring is 1. The molecule has 2 heterocycles. The van der Waals surface area contributed by atoms with Crippen molar-refractivity contribution in [2.24, 2.45) is 0 Å². The maximum absolute atomic E-state index is 5.99. The number of nitrogens with two attached hydrogens (primary N) is 1. The molecule has 1 aromatic heterocycles. The Labute approximate surface area is 100 Å². The number of hydrogen-bond donors (Lipinski definition) is 1. The molecule has 1 unspecified atom stereocenters. The Bertz CT molecular complexity index is 541. The zero-order valence-electron chi connectivity index (χ0n) is 10.0. The fraction of sp³-hybridized carbons (Fsp3) is 0.462. The van der Waals surface area contributed by atoms with Crippen molar-refractivity contribution in [2.45, 2.75) is 31.9 Å². The molecule has 0 saturated carbocycles. The lowest BCUT2D eigenvalue weighted by Crippen LogP contribution is -2.30. The van der Waals surface area contributed by atoms with Gasteiger partial charge in [-0.25, -0.2) is 4.98 Å². The van der Waals surface area contributed by atoms with Gasteiger partial charge in [-0.2, -0.15) is 0 Å². The predicted molar refractivity (Wildman–Crippen MR) is 67.7 cm³/mol. The SMILES string of the molecule is CC1(Cn2c(N)nc3ccccc32)CCCO1. The van der Waals surface area contributed by atoms with Crippen LogP contribution in [0.1, 0.15) is 19.8 Å². The number of nitrogens with zero attached hydrogens (tertiary/aromatic N) is 2. The molecule has 1 aromatic carbocycles. The molecule has 1 saturated heterocycles. The summed E-state index contributed by atoms with van der Waals surface area (Å²) in [5.41, 5.74) is 7.92. The second-order valence-corrected chi connectivity index (χ2v) is 4.95. The highest BCUT2D eigenvalue weighted by Gasteiger charge is 2.31. The van der Waals surface area contributed by atoms with E-state index in [0.29, 0.717) is 5.95 Å². The zero-order chi connectivity index (χ0) is 11.9. The molecule has 2 N–H and O–H groups in total. The molecule has 0 aliphatic carbocycles. The summed E-state index contributed by atoms with van der Waals surface area (Å²) in [6, 6.07) is 8.03. The molecule has 17 heavy (non-hydrogen) atoms. The standard InChI is InChI=1S/C13H17N3O/c1-13(7-4-8-17-13)9-16-11-6-3-2-5-10(11)15-12(16)14/h2-3,5-6H,4,7-9H2,1H3,(H2,14,15). The molecule has 2 aromatic rings. The van der Waals surface area contributed by atoms with Crippen LogP contribution < -0.4 is 5.73 Å². The monoisotopic (exact) mass is 231 g/mol. The van der Waals surface area contributed by atoms with Crippen LogP contribution in [0.2, 0.25) is 0 Å². The minimum absolute atomic E-state index is 0.0996. The quantitative estimate of drug-likeness (QED) is 0.862. The average Bonchev–Trinajstić information content (AvgIpc) is 2.86. The van der Waals surface area contributed by atoms with E-state index in [1.807, 2.05) is 18.2 Å². The van der Waals surface area contributed by atoms with Gasteiger partial charge in [-0.3, -0.25) is 0 Å². The van der Waals surface area contributed by atoms with Crippen molar-refractivity contribution in [3.63, 3.8) is 0 Å². The minimum atomic E-state index is -0.0996. The van der Waals surface area contributed by atoms with E-state index in [1.165, 1.54) is 0 Å². The molecule has 1 fully saturated rings. The largest absolute Gasteiger partial charge is 0.373 e. The lowest BCUT2D eigenvalue weighted by Gasteiger charge is -2.24. The van der Waals surface area contributed by atoms with Gasteiger partial charge >= 0.3 is 0 Å². The van der Waals surface area contributed by atoms with Gasteiger partial charge in [-0.15, -0.1) is 0 Å². The van der Waals surface area contributed by atoms with Crippen LogP contribution in [0.5, 0.6) is 0 Å². The van der Waals surface area contributed by atoms with Gasteiger partial charge in [0.05, 0.1) is 23.2 Å². The van der Waals surface area contributed by atoms with Crippen LogP contribution in [0.25, 0.3) is 11.0 Å². The van der Waals surface area contributed by atoms with E-state index < -0.39 is 0 Å². The first-order chi connectivity index (χ1) is 8.18. The summed E-state index contributed by atoms with van der Waals surface area (Å²) >= 11 is 0. The van der Waals surface area contributed by atoms with Gasteiger partial charge in [0.15, 0.2) is 0 Å². The van der Waals surface area contributed by atoms with Crippen LogP contribution in [0.4, 0.5) is 5.95 Å². The third-order valence-electron chi connectivity index (χ3n) is 3.48. The third kappa shape index (κ3) is 1.78. The fourth-order valence-corrected chi connectivity index (χ4v) is 2.56. The highest BCUT2D eigenvalue weighted by Crippen LogP contribution is 2.29. The molecule has 0 spiro atoms. The summed E-state index contributed by atoms with van der Waals surface area (Å²) in [4.78, 5) is 4.37. The Morgan fingerprint density at radius 1 is 1.47 bits per heavy atom. The summed E-state index contributed by atoms with van der Waals surface area (Å²) in [6.07, 6.45) is 2.21. The average molecular weight is 231 g/mol. The predicted octanol–water partition coefficient (Wildman–Crippen LogP) is 2.19. The molecule has 4 heteroatoms. The molecule has 0 bridgehead atoms. The second kappa shape index (κ2) is 3.74. The maximum Gasteiger partial charge on any atom is 0.201 e. The number of hydrogen-bond acceptors (Lipinski definition) is 3. The summed E-state index contributed by atoms with van der Waals surface area (Å²) < 4.78 is 7.87. The van der Waals surface area contributed by atoms with Crippen molar-refractivity contribution < 1.29 is 4.74 Å². The van der Waals surface area contributed by atoms with Crippen LogP contribution in [-0.4, -0.2) is 21.8 Å². The van der Waals surface area contributed by atoms with E-state index in [9.17, 15) is 0 Å². The Balaban J connectivity index is 2.02. The van der Waals surface area contributed by atoms with Crippen LogP contribution in [0.3, 0.4) is 0 Å². The highest BCUT2D eigenvalue weighted by molar-refractivity contribution is 5.78. The molecule has 1 aliphatic heterocycles. The zero-order valence-corrected chi connectivity index (χ0v) is 10.0. The Morgan fingerprint density at radius 2 is 2.29 bits per heavy atom. The smallest absolute Gasteiger partial charge is 0.201 e. The number of ether oxygens (including phenoxy) is 1. The van der Waals surface area contributed by atoms with Crippen LogP contribution in [0.15, 0.2) is 24.3 Å². The van der Waals surface area contributed by atoms with Gasteiger partial charge in [0.1, 0.15) is 0 Å². The van der Waals surface area contributed by atoms with Crippen molar-refractivity contribution in [3.05, 3.63) is 24.3 Å². The van der Waals surface area contributed by atoms with E-state index in [1.54, 1.807) is 0 Å². The lowest BCUT2D eigenvalue weighted by molar-refractivity contribution is 0.00750. The van der Waals surface area contributed by atoms with Gasteiger partial charge in [-0.05, 0) is 31.9 Å². The molecule has 90 valence electrons. The molecular weight excluding hydrogens is 214 g/mol. The molecule has 0 amide bonds. The molecule has 1 atom stereocenters. The number of para-hydroxylation sites is 2. The van der Waals surface area contributed by atoms with Gasteiger partial charge < -0.3 is 15.0 Å². The highest BCUT2D eigenvalue weighted by atomic mass is 16.5. The Morgan fingerprint density at radius 3 is 3.06 bits per heavy atom. The van der Waals surface area contributed by atoms with Gasteiger partial charge in [0, 0.05) is 6.61 Å². The van der Waals surface area contributed by atoms with Crippen LogP contribution >= 0.6 is 0 Å². The van der Waals surface area contributed by atoms with E-state index in [4.69, 9.17) is 10.5 Å².